The lowest BCUT2D eigenvalue weighted by Crippen LogP contribution is -2.47. The molecular weight excluding hydrogens is 240 g/mol. The summed E-state index contributed by atoms with van der Waals surface area (Å²) < 4.78 is 5.19. The highest BCUT2D eigenvalue weighted by Gasteiger charge is 2.25. The number of urea groups is 1. The van der Waals surface area contributed by atoms with Crippen molar-refractivity contribution in [1.29, 1.82) is 0 Å². The highest BCUT2D eigenvalue weighted by atomic mass is 16.5. The van der Waals surface area contributed by atoms with E-state index in [0.29, 0.717) is 32.5 Å². The highest BCUT2D eigenvalue weighted by molar-refractivity contribution is 5.74. The molecule has 2 N–H and O–H groups in total. The number of rotatable bonds is 5. The molecule has 1 aliphatic rings. The van der Waals surface area contributed by atoms with Crippen LogP contribution in [0.15, 0.2) is 0 Å². The Balaban J connectivity index is 2.30. The molecule has 0 aromatic heterocycles. The van der Waals surface area contributed by atoms with E-state index in [0.717, 1.165) is 0 Å². The fourth-order valence-electron chi connectivity index (χ4n) is 1.89. The lowest BCUT2D eigenvalue weighted by Gasteiger charge is -2.34. The van der Waals surface area contributed by atoms with Crippen LogP contribution in [0.4, 0.5) is 4.79 Å². The van der Waals surface area contributed by atoms with Gasteiger partial charge in [0.25, 0.3) is 0 Å². The molecule has 1 aliphatic heterocycles. The van der Waals surface area contributed by atoms with Crippen LogP contribution in [0.3, 0.4) is 0 Å². The maximum atomic E-state index is 11.9. The van der Waals surface area contributed by atoms with Crippen LogP contribution in [-0.4, -0.2) is 78.0 Å². The van der Waals surface area contributed by atoms with Crippen molar-refractivity contribution in [2.75, 3.05) is 39.9 Å². The lowest BCUT2D eigenvalue weighted by atomic mass is 10.1. The molecule has 0 aliphatic carbocycles. The third-order valence-electron chi connectivity index (χ3n) is 2.92. The van der Waals surface area contributed by atoms with Gasteiger partial charge in [-0.1, -0.05) is 0 Å². The molecule has 2 amide bonds. The van der Waals surface area contributed by atoms with Gasteiger partial charge >= 0.3 is 12.0 Å². The van der Waals surface area contributed by atoms with Gasteiger partial charge < -0.3 is 24.7 Å². The molecule has 0 atom stereocenters. The molecule has 18 heavy (non-hydrogen) atoms. The number of aliphatic carboxylic acids is 1. The number of carboxylic acid groups (broad SMARTS) is 1. The smallest absolute Gasteiger partial charge is 0.329 e. The van der Waals surface area contributed by atoms with Crippen LogP contribution < -0.4 is 0 Å². The summed E-state index contributed by atoms with van der Waals surface area (Å²) in [5, 5.41) is 17.3. The summed E-state index contributed by atoms with van der Waals surface area (Å²) in [6, 6.07) is -0.110. The average molecular weight is 260 g/mol. The van der Waals surface area contributed by atoms with Gasteiger partial charge in [-0.15, -0.1) is 0 Å². The molecule has 1 saturated heterocycles. The quantitative estimate of drug-likeness (QED) is 0.701. The minimum atomic E-state index is -0.976. The van der Waals surface area contributed by atoms with Gasteiger partial charge in [0.05, 0.1) is 12.7 Å². The molecule has 104 valence electrons. The summed E-state index contributed by atoms with van der Waals surface area (Å²) in [6.45, 7) is 1.08. The van der Waals surface area contributed by atoms with Crippen molar-refractivity contribution in [2.24, 2.45) is 0 Å². The van der Waals surface area contributed by atoms with Gasteiger partial charge in [-0.3, -0.25) is 0 Å². The van der Waals surface area contributed by atoms with E-state index < -0.39 is 5.97 Å². The van der Waals surface area contributed by atoms with Crippen molar-refractivity contribution in [2.45, 2.75) is 18.9 Å². The third-order valence-corrected chi connectivity index (χ3v) is 2.92. The molecule has 0 radical (unpaired) electrons. The van der Waals surface area contributed by atoms with E-state index in [9.17, 15) is 9.59 Å². The minimum Gasteiger partial charge on any atom is -0.480 e. The first kappa shape index (κ1) is 14.7. The summed E-state index contributed by atoms with van der Waals surface area (Å²) >= 11 is 0. The molecular formula is C11H20N2O5. The number of piperidine rings is 1. The van der Waals surface area contributed by atoms with E-state index in [1.54, 1.807) is 11.9 Å². The van der Waals surface area contributed by atoms with Crippen molar-refractivity contribution < 1.29 is 24.5 Å². The van der Waals surface area contributed by atoms with Crippen LogP contribution >= 0.6 is 0 Å². The molecule has 7 nitrogen and oxygen atoms in total. The number of amides is 2. The SMILES string of the molecule is CN(CCO)C(=O)N1CCC(OCC(=O)O)CC1. The van der Waals surface area contributed by atoms with E-state index in [1.807, 2.05) is 0 Å². The number of aliphatic hydroxyl groups excluding tert-OH is 1. The largest absolute Gasteiger partial charge is 0.480 e. The van der Waals surface area contributed by atoms with Crippen LogP contribution in [0.25, 0.3) is 0 Å². The van der Waals surface area contributed by atoms with E-state index >= 15 is 0 Å². The van der Waals surface area contributed by atoms with Crippen molar-refractivity contribution in [3.05, 3.63) is 0 Å². The molecule has 0 spiro atoms. The number of ether oxygens (including phenoxy) is 1. The first-order chi connectivity index (χ1) is 8.54. The molecule has 1 heterocycles. The Labute approximate surface area is 106 Å². The molecule has 0 aromatic carbocycles. The standard InChI is InChI=1S/C11H20N2O5/c1-12(6-7-14)11(17)13-4-2-9(3-5-13)18-8-10(15)16/h9,14H,2-8H2,1H3,(H,15,16). The van der Waals surface area contributed by atoms with E-state index in [2.05, 4.69) is 0 Å². The van der Waals surface area contributed by atoms with Crippen molar-refractivity contribution >= 4 is 12.0 Å². The van der Waals surface area contributed by atoms with Gasteiger partial charge in [-0.25, -0.2) is 9.59 Å². The molecule has 0 bridgehead atoms. The van der Waals surface area contributed by atoms with Gasteiger partial charge in [0.15, 0.2) is 0 Å². The second kappa shape index (κ2) is 7.17. The van der Waals surface area contributed by atoms with E-state index in [-0.39, 0.29) is 25.3 Å². The Bertz CT molecular complexity index is 289. The molecule has 0 unspecified atom stereocenters. The topological polar surface area (TPSA) is 90.3 Å². The van der Waals surface area contributed by atoms with E-state index in [1.165, 1.54) is 4.90 Å². The normalized spacial score (nSPS) is 16.7. The first-order valence-electron chi connectivity index (χ1n) is 5.99. The van der Waals surface area contributed by atoms with Crippen LogP contribution in [-0.2, 0) is 9.53 Å². The number of carbonyl (C=O) groups is 2. The monoisotopic (exact) mass is 260 g/mol. The second-order valence-electron chi connectivity index (χ2n) is 4.32. The Hall–Kier alpha value is -1.34. The summed E-state index contributed by atoms with van der Waals surface area (Å²) in [4.78, 5) is 25.4. The molecule has 0 saturated carbocycles. The predicted molar refractivity (Wildman–Crippen MR) is 63.3 cm³/mol. The minimum absolute atomic E-state index is 0.0551. The number of carbonyl (C=O) groups excluding carboxylic acids is 1. The second-order valence-corrected chi connectivity index (χ2v) is 4.32. The maximum absolute atomic E-state index is 11.9. The zero-order valence-electron chi connectivity index (χ0n) is 10.5. The average Bonchev–Trinajstić information content (AvgIpc) is 2.36. The maximum Gasteiger partial charge on any atom is 0.329 e. The molecule has 7 heteroatoms. The number of nitrogens with zero attached hydrogens (tertiary/aromatic N) is 2. The Morgan fingerprint density at radius 3 is 2.50 bits per heavy atom. The van der Waals surface area contributed by atoms with Gasteiger partial charge in [-0.05, 0) is 12.8 Å². The van der Waals surface area contributed by atoms with Crippen LogP contribution in [0, 0.1) is 0 Å². The predicted octanol–water partition coefficient (Wildman–Crippen LogP) is -0.404. The van der Waals surface area contributed by atoms with Crippen molar-refractivity contribution in [3.63, 3.8) is 0 Å². The van der Waals surface area contributed by atoms with Gasteiger partial charge in [0.1, 0.15) is 6.61 Å². The fraction of sp³-hybridized carbons (Fsp3) is 0.818. The Morgan fingerprint density at radius 1 is 1.39 bits per heavy atom. The lowest BCUT2D eigenvalue weighted by molar-refractivity contribution is -0.145. The zero-order chi connectivity index (χ0) is 13.5. The van der Waals surface area contributed by atoms with E-state index in [4.69, 9.17) is 14.9 Å². The third kappa shape index (κ3) is 4.50. The van der Waals surface area contributed by atoms with Crippen molar-refractivity contribution in [3.8, 4) is 0 Å². The number of carboxylic acids is 1. The number of aliphatic hydroxyl groups is 1. The summed E-state index contributed by atoms with van der Waals surface area (Å²) in [6.07, 6.45) is 1.20. The Morgan fingerprint density at radius 2 is 2.00 bits per heavy atom. The van der Waals surface area contributed by atoms with Gasteiger partial charge in [0, 0.05) is 26.7 Å². The van der Waals surface area contributed by atoms with Gasteiger partial charge in [0.2, 0.25) is 0 Å². The number of hydrogen-bond donors (Lipinski definition) is 2. The zero-order valence-corrected chi connectivity index (χ0v) is 10.5. The van der Waals surface area contributed by atoms with Crippen LogP contribution in [0.1, 0.15) is 12.8 Å². The molecule has 1 fully saturated rings. The summed E-state index contributed by atoms with van der Waals surface area (Å²) in [7, 11) is 1.64. The van der Waals surface area contributed by atoms with Crippen LogP contribution in [0.5, 0.6) is 0 Å². The molecule has 0 aromatic rings. The number of likely N-dealkylation sites (N-methyl/N-ethyl adjacent to an activating group) is 1. The Kier molecular flexibility index (Phi) is 5.87. The number of hydrogen-bond acceptors (Lipinski definition) is 4. The fourth-order valence-corrected chi connectivity index (χ4v) is 1.89. The van der Waals surface area contributed by atoms with Crippen LogP contribution in [0.2, 0.25) is 0 Å². The van der Waals surface area contributed by atoms with Gasteiger partial charge in [-0.2, -0.15) is 0 Å². The first-order valence-corrected chi connectivity index (χ1v) is 5.99. The molecule has 1 rings (SSSR count). The number of likely N-dealkylation sites (tertiary alicyclic amines) is 1. The summed E-state index contributed by atoms with van der Waals surface area (Å²) in [5.41, 5.74) is 0. The summed E-state index contributed by atoms with van der Waals surface area (Å²) in [5.74, 6) is -0.976. The van der Waals surface area contributed by atoms with Crippen molar-refractivity contribution in [1.82, 2.24) is 9.80 Å². The highest BCUT2D eigenvalue weighted by Crippen LogP contribution is 2.14.